The van der Waals surface area contributed by atoms with Crippen LogP contribution in [0.1, 0.15) is 22.3 Å². The summed E-state index contributed by atoms with van der Waals surface area (Å²) in [5.41, 5.74) is 4.76. The molecule has 28 heavy (non-hydrogen) atoms. The molecule has 0 aliphatic carbocycles. The summed E-state index contributed by atoms with van der Waals surface area (Å²) in [6.07, 6.45) is 0. The third-order valence-electron chi connectivity index (χ3n) is 5.87. The van der Waals surface area contributed by atoms with E-state index in [1.165, 1.54) is 10.5 Å². The van der Waals surface area contributed by atoms with Crippen LogP contribution < -0.4 is 15.4 Å². The van der Waals surface area contributed by atoms with Gasteiger partial charge in [-0.1, -0.05) is 41.9 Å². The molecule has 5 heteroatoms. The molecule has 0 atom stereocenters. The third-order valence-corrected chi connectivity index (χ3v) is 6.45. The van der Waals surface area contributed by atoms with Gasteiger partial charge in [0.15, 0.2) is 0 Å². The first-order valence-electron chi connectivity index (χ1n) is 9.95. The molecular formula is C23H27ClN2O2+2. The Morgan fingerprint density at radius 1 is 0.964 bits per heavy atom. The predicted octanol–water partition coefficient (Wildman–Crippen LogP) is 1.55. The molecule has 146 valence electrons. The quantitative estimate of drug-likeness (QED) is 0.654. The molecule has 0 amide bonds. The molecule has 1 aliphatic heterocycles. The summed E-state index contributed by atoms with van der Waals surface area (Å²) in [4.78, 5) is 15.2. The van der Waals surface area contributed by atoms with E-state index in [4.69, 9.17) is 16.0 Å². The second kappa shape index (κ2) is 8.08. The first kappa shape index (κ1) is 19.2. The summed E-state index contributed by atoms with van der Waals surface area (Å²) >= 11 is 6.48. The highest BCUT2D eigenvalue weighted by molar-refractivity contribution is 6.33. The van der Waals surface area contributed by atoms with Crippen LogP contribution in [0.2, 0.25) is 5.02 Å². The van der Waals surface area contributed by atoms with Crippen LogP contribution in [0.25, 0.3) is 11.0 Å². The second-order valence-electron chi connectivity index (χ2n) is 7.94. The van der Waals surface area contributed by atoms with E-state index >= 15 is 0 Å². The summed E-state index contributed by atoms with van der Waals surface area (Å²) in [5.74, 6) is 0. The number of quaternary nitrogens is 2. The molecule has 1 aliphatic rings. The van der Waals surface area contributed by atoms with Crippen molar-refractivity contribution in [2.24, 2.45) is 0 Å². The SMILES string of the molecule is Cc1cc2oc(=O)cc(C[NH+]3CC[NH+](Cc4ccccc4)CC3)c2c(C)c1Cl. The Bertz CT molecular complexity index is 1040. The number of halogens is 1. The Hall–Kier alpha value is -2.14. The van der Waals surface area contributed by atoms with Gasteiger partial charge in [0.2, 0.25) is 0 Å². The van der Waals surface area contributed by atoms with E-state index in [-0.39, 0.29) is 5.63 Å². The Morgan fingerprint density at radius 3 is 2.29 bits per heavy atom. The number of hydrogen-bond donors (Lipinski definition) is 2. The lowest BCUT2D eigenvalue weighted by atomic mass is 10.0. The van der Waals surface area contributed by atoms with Gasteiger partial charge in [0.1, 0.15) is 44.9 Å². The molecular weight excluding hydrogens is 372 g/mol. The fourth-order valence-electron chi connectivity index (χ4n) is 4.36. The molecule has 1 fully saturated rings. The van der Waals surface area contributed by atoms with Gasteiger partial charge >= 0.3 is 5.63 Å². The highest BCUT2D eigenvalue weighted by Gasteiger charge is 2.24. The summed E-state index contributed by atoms with van der Waals surface area (Å²) in [5, 5.41) is 1.76. The topological polar surface area (TPSA) is 39.1 Å². The average molecular weight is 399 g/mol. The van der Waals surface area contributed by atoms with Gasteiger partial charge in [-0.3, -0.25) is 0 Å². The molecule has 4 nitrogen and oxygen atoms in total. The molecule has 0 saturated carbocycles. The van der Waals surface area contributed by atoms with Gasteiger partial charge < -0.3 is 14.2 Å². The Labute approximate surface area is 170 Å². The predicted molar refractivity (Wildman–Crippen MR) is 112 cm³/mol. The maximum Gasteiger partial charge on any atom is 0.336 e. The van der Waals surface area contributed by atoms with Crippen molar-refractivity contribution >= 4 is 22.6 Å². The van der Waals surface area contributed by atoms with E-state index in [1.807, 2.05) is 19.9 Å². The fraction of sp³-hybridized carbons (Fsp3) is 0.348. The first-order chi connectivity index (χ1) is 13.5. The monoisotopic (exact) mass is 398 g/mol. The highest BCUT2D eigenvalue weighted by atomic mass is 35.5. The minimum absolute atomic E-state index is 0.281. The van der Waals surface area contributed by atoms with Crippen molar-refractivity contribution in [2.45, 2.75) is 26.9 Å². The zero-order valence-electron chi connectivity index (χ0n) is 16.5. The lowest BCUT2D eigenvalue weighted by molar-refractivity contribution is -1.02. The van der Waals surface area contributed by atoms with Crippen molar-refractivity contribution < 1.29 is 14.2 Å². The van der Waals surface area contributed by atoms with Gasteiger partial charge in [-0.05, 0) is 31.0 Å². The van der Waals surface area contributed by atoms with Gasteiger partial charge in [0.25, 0.3) is 0 Å². The zero-order chi connectivity index (χ0) is 19.7. The molecule has 0 spiro atoms. The Balaban J connectivity index is 1.50. The minimum Gasteiger partial charge on any atom is -0.423 e. The Morgan fingerprint density at radius 2 is 1.61 bits per heavy atom. The van der Waals surface area contributed by atoms with Crippen LogP contribution in [-0.2, 0) is 13.1 Å². The van der Waals surface area contributed by atoms with Crippen molar-refractivity contribution in [1.29, 1.82) is 0 Å². The number of aryl methyl sites for hydroxylation is 2. The van der Waals surface area contributed by atoms with Crippen molar-refractivity contribution in [3.8, 4) is 0 Å². The van der Waals surface area contributed by atoms with Gasteiger partial charge in [-0.25, -0.2) is 4.79 Å². The number of benzene rings is 2. The largest absolute Gasteiger partial charge is 0.423 e. The van der Waals surface area contributed by atoms with Crippen LogP contribution in [0, 0.1) is 13.8 Å². The molecule has 3 aromatic rings. The highest BCUT2D eigenvalue weighted by Crippen LogP contribution is 2.30. The van der Waals surface area contributed by atoms with E-state index < -0.39 is 0 Å². The Kier molecular flexibility index (Phi) is 5.54. The molecule has 0 radical (unpaired) electrons. The minimum atomic E-state index is -0.281. The van der Waals surface area contributed by atoms with Gasteiger partial charge in [0, 0.05) is 27.6 Å². The molecule has 1 saturated heterocycles. The maximum absolute atomic E-state index is 12.1. The molecule has 2 heterocycles. The van der Waals surface area contributed by atoms with Gasteiger partial charge in [-0.2, -0.15) is 0 Å². The van der Waals surface area contributed by atoms with Crippen LogP contribution in [-0.4, -0.2) is 26.2 Å². The lowest BCUT2D eigenvalue weighted by Crippen LogP contribution is -3.27. The van der Waals surface area contributed by atoms with Crippen molar-refractivity contribution in [1.82, 2.24) is 0 Å². The zero-order valence-corrected chi connectivity index (χ0v) is 17.2. The van der Waals surface area contributed by atoms with E-state index in [0.717, 1.165) is 66.4 Å². The number of rotatable bonds is 4. The van der Waals surface area contributed by atoms with E-state index in [2.05, 4.69) is 30.3 Å². The molecule has 1 aromatic heterocycles. The number of fused-ring (bicyclic) bond motifs is 1. The van der Waals surface area contributed by atoms with Crippen LogP contribution in [0.4, 0.5) is 0 Å². The van der Waals surface area contributed by atoms with Crippen LogP contribution in [0.3, 0.4) is 0 Å². The number of nitrogens with one attached hydrogen (secondary N) is 2. The summed E-state index contributed by atoms with van der Waals surface area (Å²) in [7, 11) is 0. The molecule has 2 N–H and O–H groups in total. The first-order valence-corrected chi connectivity index (χ1v) is 10.3. The van der Waals surface area contributed by atoms with Crippen LogP contribution in [0.15, 0.2) is 51.7 Å². The normalized spacial score (nSPS) is 19.8. The molecule has 2 aromatic carbocycles. The summed E-state index contributed by atoms with van der Waals surface area (Å²) in [6.45, 7) is 10.4. The molecule has 4 rings (SSSR count). The van der Waals surface area contributed by atoms with Gasteiger partial charge in [0.05, 0.1) is 0 Å². The number of piperazine rings is 1. The standard InChI is InChI=1S/C23H25ClN2O2/c1-16-12-20-22(17(2)23(16)24)19(13-21(27)28-20)15-26-10-8-25(9-11-26)14-18-6-4-3-5-7-18/h3-7,12-13H,8-11,14-15H2,1-2H3/p+2. The summed E-state index contributed by atoms with van der Waals surface area (Å²) < 4.78 is 5.46. The van der Waals surface area contributed by atoms with Crippen molar-refractivity contribution in [3.05, 3.63) is 80.2 Å². The fourth-order valence-corrected chi connectivity index (χ4v) is 4.51. The van der Waals surface area contributed by atoms with Crippen molar-refractivity contribution in [3.63, 3.8) is 0 Å². The smallest absolute Gasteiger partial charge is 0.336 e. The molecule has 0 bridgehead atoms. The third kappa shape index (κ3) is 4.00. The number of hydrogen-bond acceptors (Lipinski definition) is 2. The van der Waals surface area contributed by atoms with Crippen LogP contribution >= 0.6 is 11.6 Å². The lowest BCUT2D eigenvalue weighted by Gasteiger charge is -2.30. The van der Waals surface area contributed by atoms with Crippen molar-refractivity contribution in [2.75, 3.05) is 26.2 Å². The van der Waals surface area contributed by atoms with Gasteiger partial charge in [-0.15, -0.1) is 0 Å². The van der Waals surface area contributed by atoms with E-state index in [0.29, 0.717) is 5.58 Å². The maximum atomic E-state index is 12.1. The summed E-state index contributed by atoms with van der Waals surface area (Å²) in [6, 6.07) is 14.2. The van der Waals surface area contributed by atoms with E-state index in [9.17, 15) is 4.79 Å². The molecule has 0 unspecified atom stereocenters. The average Bonchev–Trinajstić information content (AvgIpc) is 2.68. The van der Waals surface area contributed by atoms with Crippen LogP contribution in [0.5, 0.6) is 0 Å². The second-order valence-corrected chi connectivity index (χ2v) is 8.31. The van der Waals surface area contributed by atoms with E-state index in [1.54, 1.807) is 11.0 Å².